The molecule has 5 aromatic rings. The molecule has 0 saturated carbocycles. The second-order valence-corrected chi connectivity index (χ2v) is 9.30. The van der Waals surface area contributed by atoms with Crippen LogP contribution in [-0.2, 0) is 19.0 Å². The first-order valence-electron chi connectivity index (χ1n) is 10.8. The number of rotatable bonds is 4. The quantitative estimate of drug-likeness (QED) is 0.310. The molecule has 0 amide bonds. The van der Waals surface area contributed by atoms with E-state index in [-0.39, 0.29) is 5.56 Å². The lowest BCUT2D eigenvalue weighted by Gasteiger charge is -2.29. The number of aryl methyl sites for hydroxylation is 2. The maximum absolute atomic E-state index is 12.8. The minimum Gasteiger partial charge on any atom is -0.336 e. The third-order valence-corrected chi connectivity index (χ3v) is 7.07. The molecule has 2 aromatic carbocycles. The standard InChI is InChI=1S/C27H19Cl2N5O/c1-33-16-31-15-24(33)27(29,19-6-8-21(28)9-7-19)20-11-23-22(18-5-3-4-17(10-18)13-30)12-25(35)34(2)26(23)32-14-20/h3-12,14-16H,1-2H3/t27-/m1/s1. The Morgan fingerprint density at radius 1 is 1.00 bits per heavy atom. The summed E-state index contributed by atoms with van der Waals surface area (Å²) < 4.78 is 3.36. The summed E-state index contributed by atoms with van der Waals surface area (Å²) in [5, 5.41) is 10.7. The molecule has 0 aliphatic heterocycles. The zero-order valence-electron chi connectivity index (χ0n) is 18.9. The highest BCUT2D eigenvalue weighted by Crippen LogP contribution is 2.44. The van der Waals surface area contributed by atoms with Crippen LogP contribution in [0, 0.1) is 11.3 Å². The summed E-state index contributed by atoms with van der Waals surface area (Å²) in [6, 6.07) is 20.2. The van der Waals surface area contributed by atoms with E-state index in [9.17, 15) is 10.1 Å². The van der Waals surface area contributed by atoms with Crippen molar-refractivity contribution in [2.75, 3.05) is 0 Å². The Bertz CT molecular complexity index is 1680. The average molecular weight is 500 g/mol. The van der Waals surface area contributed by atoms with E-state index in [0.29, 0.717) is 27.4 Å². The number of hydrogen-bond acceptors (Lipinski definition) is 4. The first kappa shape index (κ1) is 22.9. The molecule has 6 nitrogen and oxygen atoms in total. The molecule has 0 aliphatic rings. The van der Waals surface area contributed by atoms with Crippen molar-refractivity contribution in [3.8, 4) is 17.2 Å². The second kappa shape index (κ2) is 8.70. The van der Waals surface area contributed by atoms with Gasteiger partial charge in [0.1, 0.15) is 10.5 Å². The molecule has 0 fully saturated rings. The summed E-state index contributed by atoms with van der Waals surface area (Å²) in [5.74, 6) is 0. The normalized spacial score (nSPS) is 12.9. The van der Waals surface area contributed by atoms with E-state index in [0.717, 1.165) is 22.2 Å². The predicted octanol–water partition coefficient (Wildman–Crippen LogP) is 5.39. The third kappa shape index (κ3) is 3.79. The lowest BCUT2D eigenvalue weighted by atomic mass is 9.87. The van der Waals surface area contributed by atoms with E-state index in [2.05, 4.69) is 16.0 Å². The van der Waals surface area contributed by atoms with Crippen molar-refractivity contribution >= 4 is 34.2 Å². The van der Waals surface area contributed by atoms with E-state index in [4.69, 9.17) is 23.2 Å². The molecular formula is C27H19Cl2N5O. The number of alkyl halides is 1. The topological polar surface area (TPSA) is 76.5 Å². The summed E-state index contributed by atoms with van der Waals surface area (Å²) >= 11 is 13.6. The van der Waals surface area contributed by atoms with Gasteiger partial charge in [-0.15, -0.1) is 11.6 Å². The van der Waals surface area contributed by atoms with Gasteiger partial charge in [0.15, 0.2) is 0 Å². The Hall–Kier alpha value is -3.92. The average Bonchev–Trinajstić information content (AvgIpc) is 3.32. The van der Waals surface area contributed by atoms with Crippen LogP contribution >= 0.6 is 23.2 Å². The molecule has 0 radical (unpaired) electrons. The van der Waals surface area contributed by atoms with Crippen LogP contribution in [0.3, 0.4) is 0 Å². The van der Waals surface area contributed by atoms with E-state index in [1.807, 2.05) is 35.9 Å². The highest BCUT2D eigenvalue weighted by molar-refractivity contribution is 6.31. The third-order valence-electron chi connectivity index (χ3n) is 6.19. The van der Waals surface area contributed by atoms with Gasteiger partial charge in [0.25, 0.3) is 5.56 Å². The lowest BCUT2D eigenvalue weighted by Crippen LogP contribution is -2.26. The molecule has 0 unspecified atom stereocenters. The summed E-state index contributed by atoms with van der Waals surface area (Å²) in [4.78, 5) is 20.6. The Morgan fingerprint density at radius 2 is 1.77 bits per heavy atom. The van der Waals surface area contributed by atoms with E-state index < -0.39 is 4.87 Å². The minimum absolute atomic E-state index is 0.198. The van der Waals surface area contributed by atoms with E-state index in [1.54, 1.807) is 62.2 Å². The first-order chi connectivity index (χ1) is 16.8. The van der Waals surface area contributed by atoms with Crippen LogP contribution in [0.25, 0.3) is 22.2 Å². The van der Waals surface area contributed by atoms with Gasteiger partial charge >= 0.3 is 0 Å². The van der Waals surface area contributed by atoms with Crippen molar-refractivity contribution in [3.05, 3.63) is 117 Å². The number of nitrogens with zero attached hydrogens (tertiary/aromatic N) is 5. The van der Waals surface area contributed by atoms with Crippen LogP contribution in [-0.4, -0.2) is 19.1 Å². The number of hydrogen-bond donors (Lipinski definition) is 0. The summed E-state index contributed by atoms with van der Waals surface area (Å²) in [6.45, 7) is 0. The van der Waals surface area contributed by atoms with Crippen LogP contribution in [0.4, 0.5) is 0 Å². The van der Waals surface area contributed by atoms with Crippen LogP contribution < -0.4 is 5.56 Å². The Labute approximate surface area is 211 Å². The molecule has 0 N–H and O–H groups in total. The van der Waals surface area contributed by atoms with Gasteiger partial charge in [-0.25, -0.2) is 9.97 Å². The largest absolute Gasteiger partial charge is 0.336 e. The molecule has 3 heterocycles. The Morgan fingerprint density at radius 3 is 2.46 bits per heavy atom. The van der Waals surface area contributed by atoms with Crippen molar-refractivity contribution in [2.45, 2.75) is 4.87 Å². The maximum atomic E-state index is 12.8. The smallest absolute Gasteiger partial charge is 0.252 e. The van der Waals surface area contributed by atoms with Crippen molar-refractivity contribution in [1.29, 1.82) is 5.26 Å². The molecule has 35 heavy (non-hydrogen) atoms. The zero-order chi connectivity index (χ0) is 24.7. The van der Waals surface area contributed by atoms with Crippen LogP contribution in [0.5, 0.6) is 0 Å². The van der Waals surface area contributed by atoms with Crippen LogP contribution in [0.1, 0.15) is 22.4 Å². The Balaban J connectivity index is 1.84. The summed E-state index contributed by atoms with van der Waals surface area (Å²) in [5.41, 5.74) is 4.49. The number of halogens is 2. The van der Waals surface area contributed by atoms with Crippen molar-refractivity contribution in [2.24, 2.45) is 14.1 Å². The minimum atomic E-state index is -1.13. The lowest BCUT2D eigenvalue weighted by molar-refractivity contribution is 0.743. The van der Waals surface area contributed by atoms with Gasteiger partial charge in [-0.2, -0.15) is 5.26 Å². The molecule has 8 heteroatoms. The number of nitriles is 1. The fourth-order valence-corrected chi connectivity index (χ4v) is 4.88. The number of pyridine rings is 2. The van der Waals surface area contributed by atoms with E-state index in [1.165, 1.54) is 4.57 Å². The zero-order valence-corrected chi connectivity index (χ0v) is 20.4. The molecule has 1 atom stereocenters. The van der Waals surface area contributed by atoms with Crippen molar-refractivity contribution < 1.29 is 0 Å². The van der Waals surface area contributed by atoms with Gasteiger partial charge < -0.3 is 4.57 Å². The Kier molecular flexibility index (Phi) is 5.68. The molecule has 0 spiro atoms. The molecule has 0 saturated heterocycles. The van der Waals surface area contributed by atoms with Gasteiger partial charge in [0, 0.05) is 42.3 Å². The molecule has 5 rings (SSSR count). The number of imidazole rings is 1. The van der Waals surface area contributed by atoms with Crippen LogP contribution in [0.15, 0.2) is 84.2 Å². The fourth-order valence-electron chi connectivity index (χ4n) is 4.34. The number of aromatic nitrogens is 4. The summed E-state index contributed by atoms with van der Waals surface area (Å²) in [7, 11) is 3.56. The maximum Gasteiger partial charge on any atom is 0.252 e. The number of benzene rings is 2. The van der Waals surface area contributed by atoms with E-state index >= 15 is 0 Å². The fraction of sp³-hybridized carbons (Fsp3) is 0.111. The van der Waals surface area contributed by atoms with Crippen LogP contribution in [0.2, 0.25) is 5.02 Å². The number of fused-ring (bicyclic) bond motifs is 1. The molecular weight excluding hydrogens is 481 g/mol. The van der Waals surface area contributed by atoms with Gasteiger partial charge in [-0.1, -0.05) is 35.9 Å². The highest BCUT2D eigenvalue weighted by atomic mass is 35.5. The van der Waals surface area contributed by atoms with Gasteiger partial charge in [-0.05, 0) is 47.0 Å². The molecule has 0 bridgehead atoms. The molecule has 172 valence electrons. The monoisotopic (exact) mass is 499 g/mol. The van der Waals surface area contributed by atoms with Crippen molar-refractivity contribution in [1.82, 2.24) is 19.1 Å². The molecule has 0 aliphatic carbocycles. The molecule has 3 aromatic heterocycles. The summed E-state index contributed by atoms with van der Waals surface area (Å²) in [6.07, 6.45) is 5.11. The van der Waals surface area contributed by atoms with Crippen molar-refractivity contribution in [3.63, 3.8) is 0 Å². The van der Waals surface area contributed by atoms with Gasteiger partial charge in [0.2, 0.25) is 0 Å². The predicted molar refractivity (Wildman–Crippen MR) is 138 cm³/mol. The SMILES string of the molecule is Cn1cncc1[C@@](Cl)(c1ccc(Cl)cc1)c1cnc2c(c1)c(-c1cccc(C#N)c1)cc(=O)n2C. The first-order valence-corrected chi connectivity index (χ1v) is 11.5. The highest BCUT2D eigenvalue weighted by Gasteiger charge is 2.37. The van der Waals surface area contributed by atoms with Gasteiger partial charge in [-0.3, -0.25) is 9.36 Å². The second-order valence-electron chi connectivity index (χ2n) is 8.30. The van der Waals surface area contributed by atoms with Gasteiger partial charge in [0.05, 0.1) is 29.9 Å².